The van der Waals surface area contributed by atoms with Crippen molar-refractivity contribution in [3.05, 3.63) is 0 Å². The fraction of sp³-hybridized carbons (Fsp3) is 0.875. The van der Waals surface area contributed by atoms with Crippen molar-refractivity contribution >= 4 is 6.16 Å². The van der Waals surface area contributed by atoms with Crippen molar-refractivity contribution in [2.75, 3.05) is 19.8 Å². The summed E-state index contributed by atoms with van der Waals surface area (Å²) in [6.45, 7) is -0.0227. The molecule has 80 valence electrons. The summed E-state index contributed by atoms with van der Waals surface area (Å²) in [5.74, 6) is -3.93. The van der Waals surface area contributed by atoms with Crippen molar-refractivity contribution in [3.8, 4) is 0 Å². The lowest BCUT2D eigenvalue weighted by molar-refractivity contribution is -0.135. The molecule has 0 spiro atoms. The van der Waals surface area contributed by atoms with E-state index in [9.17, 15) is 13.6 Å². The van der Waals surface area contributed by atoms with E-state index in [1.54, 1.807) is 0 Å². The molecule has 0 aromatic carbocycles. The molecule has 0 aromatic rings. The van der Waals surface area contributed by atoms with Gasteiger partial charge in [-0.2, -0.15) is 0 Å². The summed E-state index contributed by atoms with van der Waals surface area (Å²) < 4.78 is 40.7. The SMILES string of the molecule is O=C1OCC(C(F)(F)C2CCOC2)O1. The molecule has 4 nitrogen and oxygen atoms in total. The third-order valence-corrected chi connectivity index (χ3v) is 2.49. The molecule has 2 aliphatic rings. The molecule has 2 unspecified atom stereocenters. The molecule has 0 bridgehead atoms. The number of hydrogen-bond donors (Lipinski definition) is 0. The Kier molecular flexibility index (Phi) is 2.30. The van der Waals surface area contributed by atoms with Crippen LogP contribution in [0.15, 0.2) is 0 Å². The maximum atomic E-state index is 13.6. The largest absolute Gasteiger partial charge is 0.509 e. The molecule has 6 heteroatoms. The second-order valence-corrected chi connectivity index (χ2v) is 3.40. The molecule has 2 fully saturated rings. The number of carbonyl (C=O) groups is 1. The van der Waals surface area contributed by atoms with Crippen LogP contribution in [0, 0.1) is 5.92 Å². The first-order valence-electron chi connectivity index (χ1n) is 4.39. The number of rotatable bonds is 2. The van der Waals surface area contributed by atoms with E-state index in [2.05, 4.69) is 9.47 Å². The first kappa shape index (κ1) is 9.64. The van der Waals surface area contributed by atoms with Gasteiger partial charge in [-0.05, 0) is 6.42 Å². The molecular formula is C8H10F2O4. The fourth-order valence-electron chi connectivity index (χ4n) is 1.62. The molecule has 2 heterocycles. The highest BCUT2D eigenvalue weighted by atomic mass is 19.3. The molecule has 2 aliphatic heterocycles. The minimum Gasteiger partial charge on any atom is -0.430 e. The van der Waals surface area contributed by atoms with E-state index in [4.69, 9.17) is 4.74 Å². The number of alkyl halides is 2. The quantitative estimate of drug-likeness (QED) is 0.639. The van der Waals surface area contributed by atoms with Gasteiger partial charge in [0.1, 0.15) is 6.61 Å². The van der Waals surface area contributed by atoms with Gasteiger partial charge in [-0.3, -0.25) is 0 Å². The van der Waals surface area contributed by atoms with Gasteiger partial charge in [0.05, 0.1) is 12.5 Å². The lowest BCUT2D eigenvalue weighted by atomic mass is 9.96. The predicted octanol–water partition coefficient (Wildman–Crippen LogP) is 1.19. The summed E-state index contributed by atoms with van der Waals surface area (Å²) in [6.07, 6.45) is -2.18. The number of cyclic esters (lactones) is 2. The Labute approximate surface area is 79.1 Å². The maximum absolute atomic E-state index is 13.6. The van der Waals surface area contributed by atoms with Gasteiger partial charge in [-0.15, -0.1) is 0 Å². The van der Waals surface area contributed by atoms with E-state index in [1.807, 2.05) is 0 Å². The first-order chi connectivity index (χ1) is 6.60. The van der Waals surface area contributed by atoms with Crippen LogP contribution < -0.4 is 0 Å². The molecular weight excluding hydrogens is 198 g/mol. The number of halogens is 2. The van der Waals surface area contributed by atoms with E-state index in [0.29, 0.717) is 13.0 Å². The molecule has 2 atom stereocenters. The van der Waals surface area contributed by atoms with Gasteiger partial charge in [0, 0.05) is 6.61 Å². The van der Waals surface area contributed by atoms with Crippen LogP contribution in [0.1, 0.15) is 6.42 Å². The highest BCUT2D eigenvalue weighted by Crippen LogP contribution is 2.37. The van der Waals surface area contributed by atoms with Crippen LogP contribution >= 0.6 is 0 Å². The zero-order valence-electron chi connectivity index (χ0n) is 7.37. The molecule has 0 amide bonds. The first-order valence-corrected chi connectivity index (χ1v) is 4.39. The Morgan fingerprint density at radius 1 is 1.36 bits per heavy atom. The molecule has 2 rings (SSSR count). The van der Waals surface area contributed by atoms with Gasteiger partial charge in [0.15, 0.2) is 0 Å². The highest BCUT2D eigenvalue weighted by molar-refractivity contribution is 5.62. The van der Waals surface area contributed by atoms with Crippen LogP contribution in [0.4, 0.5) is 13.6 Å². The van der Waals surface area contributed by atoms with Crippen molar-refractivity contribution in [3.63, 3.8) is 0 Å². The van der Waals surface area contributed by atoms with Gasteiger partial charge in [-0.25, -0.2) is 13.6 Å². The summed E-state index contributed by atoms with van der Waals surface area (Å²) in [4.78, 5) is 10.5. The van der Waals surface area contributed by atoms with Gasteiger partial charge < -0.3 is 14.2 Å². The minimum atomic E-state index is -3.05. The van der Waals surface area contributed by atoms with Crippen molar-refractivity contribution in [2.45, 2.75) is 18.4 Å². The summed E-state index contributed by atoms with van der Waals surface area (Å²) in [5, 5.41) is 0. The Morgan fingerprint density at radius 3 is 2.64 bits per heavy atom. The summed E-state index contributed by atoms with van der Waals surface area (Å²) in [7, 11) is 0. The van der Waals surface area contributed by atoms with Crippen molar-refractivity contribution in [1.82, 2.24) is 0 Å². The van der Waals surface area contributed by atoms with E-state index in [-0.39, 0.29) is 13.2 Å². The van der Waals surface area contributed by atoms with Gasteiger partial charge in [0.25, 0.3) is 5.92 Å². The van der Waals surface area contributed by atoms with Crippen molar-refractivity contribution in [2.24, 2.45) is 5.92 Å². The molecule has 2 saturated heterocycles. The normalized spacial score (nSPS) is 32.9. The Hall–Kier alpha value is -0.910. The summed E-state index contributed by atoms with van der Waals surface area (Å²) >= 11 is 0. The molecule has 0 saturated carbocycles. The average molecular weight is 208 g/mol. The lowest BCUT2D eigenvalue weighted by Crippen LogP contribution is -2.42. The monoisotopic (exact) mass is 208 g/mol. The van der Waals surface area contributed by atoms with Crippen LogP contribution in [0.3, 0.4) is 0 Å². The van der Waals surface area contributed by atoms with Gasteiger partial charge >= 0.3 is 6.16 Å². The third kappa shape index (κ3) is 1.54. The minimum absolute atomic E-state index is 0.0149. The van der Waals surface area contributed by atoms with E-state index in [0.717, 1.165) is 0 Å². The molecule has 0 aromatic heterocycles. The molecule has 14 heavy (non-hydrogen) atoms. The average Bonchev–Trinajstić information content (AvgIpc) is 2.72. The highest BCUT2D eigenvalue weighted by Gasteiger charge is 2.53. The van der Waals surface area contributed by atoms with E-state index < -0.39 is 24.1 Å². The Morgan fingerprint density at radius 2 is 2.14 bits per heavy atom. The number of hydrogen-bond acceptors (Lipinski definition) is 4. The maximum Gasteiger partial charge on any atom is 0.509 e. The van der Waals surface area contributed by atoms with Crippen LogP contribution in [-0.2, 0) is 14.2 Å². The zero-order valence-corrected chi connectivity index (χ0v) is 7.37. The fourth-order valence-corrected chi connectivity index (χ4v) is 1.62. The summed E-state index contributed by atoms with van der Waals surface area (Å²) in [6, 6.07) is 0. The smallest absolute Gasteiger partial charge is 0.430 e. The third-order valence-electron chi connectivity index (χ3n) is 2.49. The van der Waals surface area contributed by atoms with Crippen molar-refractivity contribution < 1.29 is 27.8 Å². The topological polar surface area (TPSA) is 44.8 Å². The second kappa shape index (κ2) is 3.34. The van der Waals surface area contributed by atoms with Crippen molar-refractivity contribution in [1.29, 1.82) is 0 Å². The number of ether oxygens (including phenoxy) is 3. The number of carbonyl (C=O) groups excluding carboxylic acids is 1. The van der Waals surface area contributed by atoms with Crippen LogP contribution in [0.5, 0.6) is 0 Å². The van der Waals surface area contributed by atoms with E-state index >= 15 is 0 Å². The van der Waals surface area contributed by atoms with E-state index in [1.165, 1.54) is 0 Å². The zero-order chi connectivity index (χ0) is 10.2. The summed E-state index contributed by atoms with van der Waals surface area (Å²) in [5.41, 5.74) is 0. The Balaban J connectivity index is 2.03. The Bertz CT molecular complexity index is 237. The van der Waals surface area contributed by atoms with Gasteiger partial charge in [0.2, 0.25) is 6.10 Å². The molecule has 0 radical (unpaired) electrons. The van der Waals surface area contributed by atoms with Gasteiger partial charge in [-0.1, -0.05) is 0 Å². The van der Waals surface area contributed by atoms with Crippen LogP contribution in [0.2, 0.25) is 0 Å². The lowest BCUT2D eigenvalue weighted by Gasteiger charge is -2.24. The van der Waals surface area contributed by atoms with Crippen LogP contribution in [0.25, 0.3) is 0 Å². The predicted molar refractivity (Wildman–Crippen MR) is 40.1 cm³/mol. The molecule has 0 aliphatic carbocycles. The second-order valence-electron chi connectivity index (χ2n) is 3.40. The van der Waals surface area contributed by atoms with Crippen LogP contribution in [-0.4, -0.2) is 38.0 Å². The standard InChI is InChI=1S/C8H10F2O4/c9-8(10,5-1-2-12-3-5)6-4-13-7(11)14-6/h5-6H,1-4H2. The molecule has 0 N–H and O–H groups in total.